The summed E-state index contributed by atoms with van der Waals surface area (Å²) in [4.78, 5) is 5.40. The minimum absolute atomic E-state index is 0.0198. The Morgan fingerprint density at radius 3 is 2.37 bits per heavy atom. The number of anilines is 1. The van der Waals surface area contributed by atoms with Crippen LogP contribution in [0.25, 0.3) is 0 Å². The zero-order valence-electron chi connectivity index (χ0n) is 10.0. The Hall–Kier alpha value is -1.37. The lowest BCUT2D eigenvalue weighted by Crippen LogP contribution is -2.51. The van der Waals surface area contributed by atoms with Crippen molar-refractivity contribution in [2.75, 3.05) is 18.0 Å². The molecule has 1 N–H and O–H groups in total. The van der Waals surface area contributed by atoms with Crippen molar-refractivity contribution >= 4 is 5.82 Å². The van der Waals surface area contributed by atoms with Crippen LogP contribution in [0.15, 0.2) is 12.3 Å². The summed E-state index contributed by atoms with van der Waals surface area (Å²) in [5.41, 5.74) is -1.05. The van der Waals surface area contributed by atoms with Gasteiger partial charge in [-0.1, -0.05) is 0 Å². The number of hydrogen-bond acceptors (Lipinski definition) is 3. The standard InChI is InChI=1S/C12H13F4N3/c13-10-3-7(12(14,15)16)4-17-11(10)19-5-8-1-2-9(6-19)18-8/h3-4,8-9,18H,1-2,5-6H2. The predicted molar refractivity (Wildman–Crippen MR) is 61.4 cm³/mol. The van der Waals surface area contributed by atoms with Gasteiger partial charge in [0, 0.05) is 31.4 Å². The van der Waals surface area contributed by atoms with Gasteiger partial charge in [-0.3, -0.25) is 0 Å². The van der Waals surface area contributed by atoms with E-state index in [1.165, 1.54) is 0 Å². The van der Waals surface area contributed by atoms with E-state index in [1.807, 2.05) is 0 Å². The minimum Gasteiger partial charge on any atom is -0.351 e. The SMILES string of the molecule is Fc1cc(C(F)(F)F)cnc1N1CC2CCC(C1)N2. The molecular formula is C12H13F4N3. The average molecular weight is 275 g/mol. The third kappa shape index (κ3) is 2.39. The Labute approximate surface area is 107 Å². The number of nitrogens with zero attached hydrogens (tertiary/aromatic N) is 2. The molecule has 1 aromatic rings. The van der Waals surface area contributed by atoms with Gasteiger partial charge in [-0.05, 0) is 18.9 Å². The van der Waals surface area contributed by atoms with Crippen molar-refractivity contribution in [3.63, 3.8) is 0 Å². The van der Waals surface area contributed by atoms with E-state index in [4.69, 9.17) is 0 Å². The van der Waals surface area contributed by atoms with E-state index in [-0.39, 0.29) is 17.9 Å². The Balaban J connectivity index is 1.85. The molecule has 2 bridgehead atoms. The van der Waals surface area contributed by atoms with E-state index in [0.29, 0.717) is 25.4 Å². The zero-order chi connectivity index (χ0) is 13.6. The molecule has 19 heavy (non-hydrogen) atoms. The normalized spacial score (nSPS) is 26.8. The van der Waals surface area contributed by atoms with Crippen molar-refractivity contribution in [3.05, 3.63) is 23.6 Å². The molecule has 104 valence electrons. The first-order valence-corrected chi connectivity index (χ1v) is 6.17. The van der Waals surface area contributed by atoms with Crippen LogP contribution in [0.3, 0.4) is 0 Å². The fourth-order valence-electron chi connectivity index (χ4n) is 2.79. The molecule has 2 atom stereocenters. The summed E-state index contributed by atoms with van der Waals surface area (Å²) in [5, 5.41) is 3.37. The monoisotopic (exact) mass is 275 g/mol. The Morgan fingerprint density at radius 1 is 1.21 bits per heavy atom. The van der Waals surface area contributed by atoms with Crippen LogP contribution >= 0.6 is 0 Å². The summed E-state index contributed by atoms with van der Waals surface area (Å²) < 4.78 is 51.2. The second-order valence-electron chi connectivity index (χ2n) is 5.07. The van der Waals surface area contributed by atoms with Crippen LogP contribution in [0.2, 0.25) is 0 Å². The van der Waals surface area contributed by atoms with Gasteiger partial charge in [0.2, 0.25) is 0 Å². The molecule has 0 saturated carbocycles. The van der Waals surface area contributed by atoms with E-state index in [9.17, 15) is 17.6 Å². The largest absolute Gasteiger partial charge is 0.417 e. The molecule has 3 rings (SSSR count). The summed E-state index contributed by atoms with van der Waals surface area (Å²) in [5.74, 6) is -0.887. The number of hydrogen-bond donors (Lipinski definition) is 1. The van der Waals surface area contributed by atoms with Crippen LogP contribution < -0.4 is 10.2 Å². The van der Waals surface area contributed by atoms with Crippen LogP contribution in [0, 0.1) is 5.82 Å². The lowest BCUT2D eigenvalue weighted by atomic mass is 10.2. The van der Waals surface area contributed by atoms with Crippen molar-refractivity contribution in [1.29, 1.82) is 0 Å². The van der Waals surface area contributed by atoms with Gasteiger partial charge in [-0.25, -0.2) is 9.37 Å². The second-order valence-corrected chi connectivity index (χ2v) is 5.07. The number of rotatable bonds is 1. The van der Waals surface area contributed by atoms with Crippen molar-refractivity contribution in [1.82, 2.24) is 10.3 Å². The first kappa shape index (κ1) is 12.7. The van der Waals surface area contributed by atoms with Gasteiger partial charge in [-0.15, -0.1) is 0 Å². The summed E-state index contributed by atoms with van der Waals surface area (Å²) in [6.45, 7) is 1.18. The number of nitrogens with one attached hydrogen (secondary N) is 1. The fraction of sp³-hybridized carbons (Fsp3) is 0.583. The van der Waals surface area contributed by atoms with Gasteiger partial charge in [0.15, 0.2) is 11.6 Å². The van der Waals surface area contributed by atoms with Crippen LogP contribution in [-0.4, -0.2) is 30.2 Å². The lowest BCUT2D eigenvalue weighted by molar-refractivity contribution is -0.138. The highest BCUT2D eigenvalue weighted by atomic mass is 19.4. The van der Waals surface area contributed by atoms with Crippen LogP contribution in [0.4, 0.5) is 23.4 Å². The van der Waals surface area contributed by atoms with Crippen molar-refractivity contribution < 1.29 is 17.6 Å². The van der Waals surface area contributed by atoms with E-state index in [2.05, 4.69) is 10.3 Å². The number of fused-ring (bicyclic) bond motifs is 2. The molecule has 7 heteroatoms. The smallest absolute Gasteiger partial charge is 0.351 e. The molecule has 0 aromatic carbocycles. The quantitative estimate of drug-likeness (QED) is 0.796. The maximum absolute atomic E-state index is 13.8. The highest BCUT2D eigenvalue weighted by Gasteiger charge is 2.35. The van der Waals surface area contributed by atoms with E-state index in [0.717, 1.165) is 12.8 Å². The van der Waals surface area contributed by atoms with Crippen molar-refractivity contribution in [3.8, 4) is 0 Å². The molecule has 3 heterocycles. The van der Waals surface area contributed by atoms with Gasteiger partial charge < -0.3 is 10.2 Å². The molecule has 1 aromatic heterocycles. The number of alkyl halides is 3. The third-order valence-electron chi connectivity index (χ3n) is 3.67. The first-order valence-electron chi connectivity index (χ1n) is 6.17. The van der Waals surface area contributed by atoms with Gasteiger partial charge in [-0.2, -0.15) is 13.2 Å². The van der Waals surface area contributed by atoms with E-state index < -0.39 is 17.6 Å². The molecule has 2 unspecified atom stereocenters. The molecular weight excluding hydrogens is 262 g/mol. The number of halogens is 4. The molecule has 0 radical (unpaired) electrons. The van der Waals surface area contributed by atoms with Gasteiger partial charge in [0.05, 0.1) is 5.56 Å². The second kappa shape index (κ2) is 4.33. The van der Waals surface area contributed by atoms with Gasteiger partial charge >= 0.3 is 6.18 Å². The van der Waals surface area contributed by atoms with Crippen molar-refractivity contribution in [2.24, 2.45) is 0 Å². The molecule has 0 spiro atoms. The Morgan fingerprint density at radius 2 is 1.84 bits per heavy atom. The molecule has 0 amide bonds. The molecule has 2 saturated heterocycles. The Bertz CT molecular complexity index is 476. The summed E-state index contributed by atoms with van der Waals surface area (Å²) in [6.07, 6.45) is -1.83. The number of piperazine rings is 1. The van der Waals surface area contributed by atoms with E-state index >= 15 is 0 Å². The highest BCUT2D eigenvalue weighted by molar-refractivity contribution is 5.43. The van der Waals surface area contributed by atoms with Crippen molar-refractivity contribution in [2.45, 2.75) is 31.1 Å². The lowest BCUT2D eigenvalue weighted by Gasteiger charge is -2.33. The predicted octanol–water partition coefficient (Wildman–Crippen LogP) is 2.18. The summed E-state index contributed by atoms with van der Waals surface area (Å²) >= 11 is 0. The fourth-order valence-corrected chi connectivity index (χ4v) is 2.79. The van der Waals surface area contributed by atoms with E-state index in [1.54, 1.807) is 4.90 Å². The van der Waals surface area contributed by atoms with Crippen LogP contribution in [0.1, 0.15) is 18.4 Å². The first-order chi connectivity index (χ1) is 8.93. The number of pyridine rings is 1. The van der Waals surface area contributed by atoms with Gasteiger partial charge in [0.1, 0.15) is 0 Å². The molecule has 2 aliphatic rings. The molecule has 3 nitrogen and oxygen atoms in total. The van der Waals surface area contributed by atoms with Gasteiger partial charge in [0.25, 0.3) is 0 Å². The minimum atomic E-state index is -4.56. The Kier molecular flexibility index (Phi) is 2.88. The molecule has 2 aliphatic heterocycles. The maximum Gasteiger partial charge on any atom is 0.417 e. The third-order valence-corrected chi connectivity index (χ3v) is 3.67. The summed E-state index contributed by atoms with van der Waals surface area (Å²) in [6, 6.07) is 1.08. The molecule has 0 aliphatic carbocycles. The summed E-state index contributed by atoms with van der Waals surface area (Å²) in [7, 11) is 0. The molecule has 2 fully saturated rings. The number of aromatic nitrogens is 1. The maximum atomic E-state index is 13.8. The highest BCUT2D eigenvalue weighted by Crippen LogP contribution is 2.32. The average Bonchev–Trinajstić information content (AvgIpc) is 2.67. The zero-order valence-corrected chi connectivity index (χ0v) is 10.0. The van der Waals surface area contributed by atoms with Crippen LogP contribution in [0.5, 0.6) is 0 Å². The van der Waals surface area contributed by atoms with Crippen LogP contribution in [-0.2, 0) is 6.18 Å². The topological polar surface area (TPSA) is 28.2 Å².